The van der Waals surface area contributed by atoms with Crippen LogP contribution in [0.3, 0.4) is 0 Å². The van der Waals surface area contributed by atoms with E-state index in [0.717, 1.165) is 31.4 Å². The maximum absolute atomic E-state index is 11.7. The van der Waals surface area contributed by atoms with Crippen LogP contribution in [0.15, 0.2) is 24.3 Å². The molecular formula is C14H20N2O3. The number of ether oxygens (including phenoxy) is 1. The van der Waals surface area contributed by atoms with Gasteiger partial charge in [-0.1, -0.05) is 12.8 Å². The van der Waals surface area contributed by atoms with Crippen molar-refractivity contribution in [2.24, 2.45) is 0 Å². The summed E-state index contributed by atoms with van der Waals surface area (Å²) in [6.07, 6.45) is 3.57. The maximum atomic E-state index is 11.7. The van der Waals surface area contributed by atoms with Gasteiger partial charge in [0.25, 0.3) is 0 Å². The molecule has 1 aliphatic carbocycles. The summed E-state index contributed by atoms with van der Waals surface area (Å²) < 4.78 is 5.04. The second kappa shape index (κ2) is 5.93. The van der Waals surface area contributed by atoms with E-state index >= 15 is 0 Å². The van der Waals surface area contributed by atoms with Gasteiger partial charge in [-0.3, -0.25) is 0 Å². The molecule has 19 heavy (non-hydrogen) atoms. The van der Waals surface area contributed by atoms with Crippen LogP contribution < -0.4 is 15.4 Å². The Labute approximate surface area is 113 Å². The van der Waals surface area contributed by atoms with Gasteiger partial charge in [-0.25, -0.2) is 4.79 Å². The Morgan fingerprint density at radius 3 is 2.53 bits per heavy atom. The molecule has 5 nitrogen and oxygen atoms in total. The lowest BCUT2D eigenvalue weighted by Crippen LogP contribution is -2.42. The van der Waals surface area contributed by atoms with E-state index in [1.807, 2.05) is 0 Å². The molecule has 2 rings (SSSR count). The Morgan fingerprint density at radius 1 is 1.32 bits per heavy atom. The number of carbonyl (C=O) groups excluding carboxylic acids is 1. The van der Waals surface area contributed by atoms with Gasteiger partial charge in [0.1, 0.15) is 5.75 Å². The fourth-order valence-corrected chi connectivity index (χ4v) is 2.30. The van der Waals surface area contributed by atoms with Gasteiger partial charge in [0.2, 0.25) is 0 Å². The minimum Gasteiger partial charge on any atom is -0.497 e. The molecule has 1 aromatic rings. The first kappa shape index (κ1) is 13.7. The van der Waals surface area contributed by atoms with Crippen molar-refractivity contribution < 1.29 is 14.6 Å². The molecular weight excluding hydrogens is 244 g/mol. The normalized spacial score (nSPS) is 16.9. The zero-order chi connectivity index (χ0) is 13.7. The molecule has 3 N–H and O–H groups in total. The predicted molar refractivity (Wildman–Crippen MR) is 73.4 cm³/mol. The highest BCUT2D eigenvalue weighted by Gasteiger charge is 2.31. The summed E-state index contributed by atoms with van der Waals surface area (Å²) in [5.74, 6) is 0.742. The van der Waals surface area contributed by atoms with E-state index in [1.54, 1.807) is 31.4 Å². The third-order valence-electron chi connectivity index (χ3n) is 3.46. The highest BCUT2D eigenvalue weighted by molar-refractivity contribution is 5.89. The summed E-state index contributed by atoms with van der Waals surface area (Å²) in [4.78, 5) is 11.7. The number of urea groups is 1. The van der Waals surface area contributed by atoms with Crippen LogP contribution >= 0.6 is 0 Å². The lowest BCUT2D eigenvalue weighted by atomic mass is 10.0. The second-order valence-corrected chi connectivity index (χ2v) is 4.97. The van der Waals surface area contributed by atoms with Crippen LogP contribution in [0.4, 0.5) is 10.5 Å². The van der Waals surface area contributed by atoms with Crippen molar-refractivity contribution in [3.63, 3.8) is 0 Å². The van der Waals surface area contributed by atoms with Crippen molar-refractivity contribution in [1.29, 1.82) is 0 Å². The number of aliphatic hydroxyl groups is 1. The van der Waals surface area contributed by atoms with Crippen LogP contribution in [0.1, 0.15) is 25.7 Å². The molecule has 0 spiro atoms. The molecule has 0 saturated heterocycles. The largest absolute Gasteiger partial charge is 0.497 e. The maximum Gasteiger partial charge on any atom is 0.319 e. The zero-order valence-corrected chi connectivity index (χ0v) is 11.1. The Bertz CT molecular complexity index is 425. The molecule has 2 amide bonds. The molecule has 0 radical (unpaired) electrons. The second-order valence-electron chi connectivity index (χ2n) is 4.97. The van der Waals surface area contributed by atoms with Gasteiger partial charge in [-0.05, 0) is 37.1 Å². The summed E-state index contributed by atoms with van der Waals surface area (Å²) in [5.41, 5.74) is -0.0336. The van der Waals surface area contributed by atoms with E-state index in [9.17, 15) is 9.90 Å². The number of hydrogen-bond acceptors (Lipinski definition) is 3. The van der Waals surface area contributed by atoms with Crippen molar-refractivity contribution in [3.8, 4) is 5.75 Å². The van der Waals surface area contributed by atoms with E-state index in [4.69, 9.17) is 4.74 Å². The van der Waals surface area contributed by atoms with Crippen molar-refractivity contribution in [1.82, 2.24) is 5.32 Å². The van der Waals surface area contributed by atoms with Crippen LogP contribution in [0.25, 0.3) is 0 Å². The van der Waals surface area contributed by atoms with E-state index in [-0.39, 0.29) is 6.03 Å². The van der Waals surface area contributed by atoms with E-state index < -0.39 is 5.60 Å². The van der Waals surface area contributed by atoms with Crippen LogP contribution in [0.5, 0.6) is 5.75 Å². The Hall–Kier alpha value is -1.75. The molecule has 104 valence electrons. The zero-order valence-electron chi connectivity index (χ0n) is 11.1. The monoisotopic (exact) mass is 264 g/mol. The first-order chi connectivity index (χ1) is 9.11. The topological polar surface area (TPSA) is 70.6 Å². The Kier molecular flexibility index (Phi) is 4.27. The van der Waals surface area contributed by atoms with Crippen molar-refractivity contribution >= 4 is 11.7 Å². The first-order valence-electron chi connectivity index (χ1n) is 6.53. The van der Waals surface area contributed by atoms with Crippen LogP contribution in [-0.2, 0) is 0 Å². The molecule has 0 atom stereocenters. The van der Waals surface area contributed by atoms with Gasteiger partial charge in [0.15, 0.2) is 0 Å². The molecule has 5 heteroatoms. The van der Waals surface area contributed by atoms with Crippen molar-refractivity contribution in [3.05, 3.63) is 24.3 Å². The van der Waals surface area contributed by atoms with Crippen LogP contribution in [0.2, 0.25) is 0 Å². The first-order valence-corrected chi connectivity index (χ1v) is 6.53. The number of anilines is 1. The van der Waals surface area contributed by atoms with Gasteiger partial charge in [0, 0.05) is 12.2 Å². The number of hydrogen-bond donors (Lipinski definition) is 3. The van der Waals surface area contributed by atoms with Gasteiger partial charge < -0.3 is 20.5 Å². The number of rotatable bonds is 4. The lowest BCUT2D eigenvalue weighted by molar-refractivity contribution is 0.0506. The summed E-state index contributed by atoms with van der Waals surface area (Å²) in [5, 5.41) is 15.5. The molecule has 0 heterocycles. The lowest BCUT2D eigenvalue weighted by Gasteiger charge is -2.22. The summed E-state index contributed by atoms with van der Waals surface area (Å²) >= 11 is 0. The standard InChI is InChI=1S/C14H20N2O3/c1-19-12-6-4-11(5-7-12)16-13(17)15-10-14(18)8-2-3-9-14/h4-7,18H,2-3,8-10H2,1H3,(H2,15,16,17). The van der Waals surface area contributed by atoms with E-state index in [0.29, 0.717) is 12.2 Å². The Balaban J connectivity index is 1.80. The SMILES string of the molecule is COc1ccc(NC(=O)NCC2(O)CCCC2)cc1. The molecule has 0 aliphatic heterocycles. The van der Waals surface area contributed by atoms with Crippen LogP contribution in [0, 0.1) is 0 Å². The summed E-state index contributed by atoms with van der Waals surface area (Å²) in [6, 6.07) is 6.79. The third-order valence-corrected chi connectivity index (χ3v) is 3.46. The minimum absolute atomic E-state index is 0.300. The smallest absolute Gasteiger partial charge is 0.319 e. The van der Waals surface area contributed by atoms with Crippen molar-refractivity contribution in [2.45, 2.75) is 31.3 Å². The molecule has 1 aromatic carbocycles. The summed E-state index contributed by atoms with van der Waals surface area (Å²) in [6.45, 7) is 0.301. The minimum atomic E-state index is -0.725. The molecule has 0 unspecified atom stereocenters. The molecule has 1 aliphatic rings. The van der Waals surface area contributed by atoms with E-state index in [1.165, 1.54) is 0 Å². The van der Waals surface area contributed by atoms with Gasteiger partial charge in [-0.15, -0.1) is 0 Å². The van der Waals surface area contributed by atoms with Gasteiger partial charge in [-0.2, -0.15) is 0 Å². The fraction of sp³-hybridized carbons (Fsp3) is 0.500. The highest BCUT2D eigenvalue weighted by atomic mass is 16.5. The number of nitrogens with one attached hydrogen (secondary N) is 2. The molecule has 0 bridgehead atoms. The quantitative estimate of drug-likeness (QED) is 0.780. The third kappa shape index (κ3) is 3.86. The molecule has 0 aromatic heterocycles. The number of carbonyl (C=O) groups is 1. The average molecular weight is 264 g/mol. The van der Waals surface area contributed by atoms with E-state index in [2.05, 4.69) is 10.6 Å². The number of methoxy groups -OCH3 is 1. The highest BCUT2D eigenvalue weighted by Crippen LogP contribution is 2.28. The van der Waals surface area contributed by atoms with Crippen molar-refractivity contribution in [2.75, 3.05) is 19.0 Å². The van der Waals surface area contributed by atoms with Gasteiger partial charge in [0.05, 0.1) is 12.7 Å². The number of benzene rings is 1. The Morgan fingerprint density at radius 2 is 1.95 bits per heavy atom. The molecule has 1 saturated carbocycles. The average Bonchev–Trinajstić information content (AvgIpc) is 2.85. The fourth-order valence-electron chi connectivity index (χ4n) is 2.30. The predicted octanol–water partition coefficient (Wildman–Crippen LogP) is 2.12. The number of amides is 2. The molecule has 1 fully saturated rings. The van der Waals surface area contributed by atoms with Gasteiger partial charge >= 0.3 is 6.03 Å². The summed E-state index contributed by atoms with van der Waals surface area (Å²) in [7, 11) is 1.59. The van der Waals surface area contributed by atoms with Crippen LogP contribution in [-0.4, -0.2) is 30.4 Å².